The molecule has 0 spiro atoms. The lowest BCUT2D eigenvalue weighted by Crippen LogP contribution is -2.46. The van der Waals surface area contributed by atoms with Crippen LogP contribution in [0.3, 0.4) is 0 Å². The zero-order chi connectivity index (χ0) is 38.7. The first kappa shape index (κ1) is 39.6. The van der Waals surface area contributed by atoms with Gasteiger partial charge in [0.25, 0.3) is 5.91 Å². The minimum absolute atomic E-state index is 0.0212. The standard InChI is InChI=1S/C41H47N5O7/c1-28-19-20-29(2)35(21-28)45(7)38(49)27-52-34-18-12-17-33(24-34)46(26-37(48)44(6)32-15-9-8-10-16-32)36(47)25-42-40(51)43-31-14-11-13-30(22-31)23-39(50)53-41(3,4)5/h8-22,24H,23,25-27H2,1-7H3,(H2,42,43,51). The number of urea groups is 1. The van der Waals surface area contributed by atoms with E-state index in [0.29, 0.717) is 28.4 Å². The monoisotopic (exact) mass is 721 g/mol. The first-order valence-corrected chi connectivity index (χ1v) is 17.1. The minimum atomic E-state index is -0.663. The Labute approximate surface area is 310 Å². The zero-order valence-electron chi connectivity index (χ0n) is 31.3. The van der Waals surface area contributed by atoms with E-state index in [9.17, 15) is 24.0 Å². The zero-order valence-corrected chi connectivity index (χ0v) is 31.3. The maximum atomic E-state index is 13.7. The third-order valence-corrected chi connectivity index (χ3v) is 8.06. The maximum Gasteiger partial charge on any atom is 0.319 e. The summed E-state index contributed by atoms with van der Waals surface area (Å²) in [4.78, 5) is 69.7. The molecule has 12 nitrogen and oxygen atoms in total. The Morgan fingerprint density at radius 2 is 1.42 bits per heavy atom. The van der Waals surface area contributed by atoms with Crippen LogP contribution in [0.25, 0.3) is 0 Å². The molecule has 4 aromatic carbocycles. The molecule has 278 valence electrons. The molecule has 53 heavy (non-hydrogen) atoms. The smallest absolute Gasteiger partial charge is 0.319 e. The first-order chi connectivity index (χ1) is 25.1. The molecule has 0 aliphatic rings. The van der Waals surface area contributed by atoms with Gasteiger partial charge >= 0.3 is 12.0 Å². The van der Waals surface area contributed by atoms with Gasteiger partial charge in [0, 0.05) is 42.9 Å². The summed E-state index contributed by atoms with van der Waals surface area (Å²) in [6.07, 6.45) is 0.0212. The number of nitrogens with zero attached hydrogens (tertiary/aromatic N) is 3. The van der Waals surface area contributed by atoms with Crippen LogP contribution in [0.1, 0.15) is 37.5 Å². The molecule has 4 rings (SSSR count). The van der Waals surface area contributed by atoms with Crippen molar-refractivity contribution in [1.82, 2.24) is 5.32 Å². The molecule has 0 aromatic heterocycles. The highest BCUT2D eigenvalue weighted by Crippen LogP contribution is 2.24. The van der Waals surface area contributed by atoms with E-state index in [1.807, 2.05) is 38.1 Å². The van der Waals surface area contributed by atoms with Crippen molar-refractivity contribution >= 4 is 52.5 Å². The van der Waals surface area contributed by atoms with Crippen LogP contribution >= 0.6 is 0 Å². The van der Waals surface area contributed by atoms with Crippen LogP contribution in [0, 0.1) is 13.8 Å². The van der Waals surface area contributed by atoms with Crippen LogP contribution in [0.15, 0.2) is 97.1 Å². The van der Waals surface area contributed by atoms with E-state index in [2.05, 4.69) is 10.6 Å². The topological polar surface area (TPSA) is 138 Å². The van der Waals surface area contributed by atoms with E-state index >= 15 is 0 Å². The van der Waals surface area contributed by atoms with E-state index in [4.69, 9.17) is 9.47 Å². The van der Waals surface area contributed by atoms with Crippen molar-refractivity contribution in [2.75, 3.05) is 53.8 Å². The molecule has 0 radical (unpaired) electrons. The highest BCUT2D eigenvalue weighted by molar-refractivity contribution is 6.05. The molecule has 0 aliphatic heterocycles. The summed E-state index contributed by atoms with van der Waals surface area (Å²) in [7, 11) is 3.30. The molecule has 0 fully saturated rings. The van der Waals surface area contributed by atoms with Gasteiger partial charge in [-0.15, -0.1) is 0 Å². The molecule has 4 aromatic rings. The molecule has 0 saturated heterocycles. The fourth-order valence-corrected chi connectivity index (χ4v) is 5.29. The van der Waals surface area contributed by atoms with E-state index in [1.165, 1.54) is 14.7 Å². The van der Waals surface area contributed by atoms with Crippen molar-refractivity contribution in [2.24, 2.45) is 0 Å². The quantitative estimate of drug-likeness (QED) is 0.161. The minimum Gasteiger partial charge on any atom is -0.484 e. The van der Waals surface area contributed by atoms with Crippen molar-refractivity contribution in [3.8, 4) is 5.75 Å². The molecule has 2 N–H and O–H groups in total. The molecule has 0 atom stereocenters. The largest absolute Gasteiger partial charge is 0.484 e. The Balaban J connectivity index is 1.46. The second-order valence-corrected chi connectivity index (χ2v) is 13.6. The van der Waals surface area contributed by atoms with E-state index in [-0.39, 0.29) is 31.4 Å². The van der Waals surface area contributed by atoms with Crippen molar-refractivity contribution in [2.45, 2.75) is 46.6 Å². The van der Waals surface area contributed by atoms with Crippen LogP contribution in [0.2, 0.25) is 0 Å². The van der Waals surface area contributed by atoms with Crippen LogP contribution in [0.5, 0.6) is 5.75 Å². The third kappa shape index (κ3) is 12.0. The van der Waals surface area contributed by atoms with Gasteiger partial charge in [-0.2, -0.15) is 0 Å². The van der Waals surface area contributed by atoms with Crippen LogP contribution in [-0.2, 0) is 30.3 Å². The molecule has 0 aliphatic carbocycles. The van der Waals surface area contributed by atoms with Gasteiger partial charge in [-0.05, 0) is 93.8 Å². The number of anilines is 4. The van der Waals surface area contributed by atoms with E-state index in [0.717, 1.165) is 16.8 Å². The number of carbonyl (C=O) groups excluding carboxylic acids is 5. The Kier molecular flexibility index (Phi) is 13.3. The van der Waals surface area contributed by atoms with Crippen molar-refractivity contribution < 1.29 is 33.4 Å². The number of ether oxygens (including phenoxy) is 2. The normalized spacial score (nSPS) is 10.8. The molecule has 5 amide bonds. The second-order valence-electron chi connectivity index (χ2n) is 13.6. The lowest BCUT2D eigenvalue weighted by Gasteiger charge is -2.26. The number of hydrogen-bond acceptors (Lipinski definition) is 7. The number of amides is 5. The van der Waals surface area contributed by atoms with Gasteiger partial charge in [0.05, 0.1) is 13.0 Å². The molecular weight excluding hydrogens is 674 g/mol. The Morgan fingerprint density at radius 1 is 0.717 bits per heavy atom. The number of nitrogens with one attached hydrogen (secondary N) is 2. The number of rotatable bonds is 13. The van der Waals surface area contributed by atoms with Crippen LogP contribution in [0.4, 0.5) is 27.5 Å². The summed E-state index contributed by atoms with van der Waals surface area (Å²) in [5, 5.41) is 5.24. The van der Waals surface area contributed by atoms with E-state index in [1.54, 1.807) is 108 Å². The highest BCUT2D eigenvalue weighted by Gasteiger charge is 2.24. The maximum absolute atomic E-state index is 13.7. The lowest BCUT2D eigenvalue weighted by molar-refractivity contribution is -0.154. The van der Waals surface area contributed by atoms with Crippen molar-refractivity contribution in [3.05, 3.63) is 114 Å². The van der Waals surface area contributed by atoms with Gasteiger partial charge in [0.2, 0.25) is 11.8 Å². The first-order valence-electron chi connectivity index (χ1n) is 17.1. The SMILES string of the molecule is Cc1ccc(C)c(N(C)C(=O)COc2cccc(N(CC(=O)N(C)c3ccccc3)C(=O)CNC(=O)Nc3cccc(CC(=O)OC(C)(C)C)c3)c2)c1. The van der Waals surface area contributed by atoms with Gasteiger partial charge in [-0.25, -0.2) is 4.79 Å². The summed E-state index contributed by atoms with van der Waals surface area (Å²) in [5.41, 5.74) is 4.13. The van der Waals surface area contributed by atoms with Crippen LogP contribution in [-0.4, -0.2) is 69.1 Å². The predicted octanol–water partition coefficient (Wildman–Crippen LogP) is 6.05. The predicted molar refractivity (Wildman–Crippen MR) is 206 cm³/mol. The van der Waals surface area contributed by atoms with Gasteiger partial charge in [-0.1, -0.05) is 48.5 Å². The Morgan fingerprint density at radius 3 is 2.13 bits per heavy atom. The van der Waals surface area contributed by atoms with Gasteiger partial charge in [-0.3, -0.25) is 19.2 Å². The number of likely N-dealkylation sites (N-methyl/N-ethyl adjacent to an activating group) is 2. The molecule has 0 bridgehead atoms. The average molecular weight is 722 g/mol. The molecule has 12 heteroatoms. The number of hydrogen-bond donors (Lipinski definition) is 2. The summed E-state index contributed by atoms with van der Waals surface area (Å²) in [5.74, 6) is -1.32. The fourth-order valence-electron chi connectivity index (χ4n) is 5.29. The summed E-state index contributed by atoms with van der Waals surface area (Å²) >= 11 is 0. The number of esters is 1. The molecular formula is C41H47N5O7. The molecule has 0 unspecified atom stereocenters. The van der Waals surface area contributed by atoms with Gasteiger partial charge in [0.15, 0.2) is 6.61 Å². The van der Waals surface area contributed by atoms with Crippen LogP contribution < -0.4 is 30.1 Å². The highest BCUT2D eigenvalue weighted by atomic mass is 16.6. The molecule has 0 saturated carbocycles. The Hall–Kier alpha value is -6.17. The molecule has 0 heterocycles. The number of carbonyl (C=O) groups is 5. The third-order valence-electron chi connectivity index (χ3n) is 8.06. The summed E-state index contributed by atoms with van der Waals surface area (Å²) in [6, 6.07) is 27.4. The van der Waals surface area contributed by atoms with Crippen molar-refractivity contribution in [3.63, 3.8) is 0 Å². The number of aryl methyl sites for hydroxylation is 2. The van der Waals surface area contributed by atoms with E-state index < -0.39 is 30.1 Å². The fraction of sp³-hybridized carbons (Fsp3) is 0.293. The second kappa shape index (κ2) is 17.9. The van der Waals surface area contributed by atoms with Crippen molar-refractivity contribution in [1.29, 1.82) is 0 Å². The summed E-state index contributed by atoms with van der Waals surface area (Å²) in [6.45, 7) is 8.17. The van der Waals surface area contributed by atoms with Gasteiger partial charge in [0.1, 0.15) is 17.9 Å². The number of para-hydroxylation sites is 1. The number of benzene rings is 4. The lowest BCUT2D eigenvalue weighted by atomic mass is 10.1. The summed E-state index contributed by atoms with van der Waals surface area (Å²) < 4.78 is 11.2. The van der Waals surface area contributed by atoms with Gasteiger partial charge < -0.3 is 34.8 Å². The average Bonchev–Trinajstić information content (AvgIpc) is 3.11. The Bertz CT molecular complexity index is 1940.